The van der Waals surface area contributed by atoms with Crippen LogP contribution in [0.2, 0.25) is 0 Å². The number of benzene rings is 1. The van der Waals surface area contributed by atoms with E-state index >= 15 is 0 Å². The van der Waals surface area contributed by atoms with Gasteiger partial charge in [0.25, 0.3) is 0 Å². The zero-order chi connectivity index (χ0) is 15.0. The van der Waals surface area contributed by atoms with Crippen molar-refractivity contribution in [3.63, 3.8) is 0 Å². The van der Waals surface area contributed by atoms with Gasteiger partial charge in [-0.15, -0.1) is 0 Å². The number of piperidine rings is 1. The maximum absolute atomic E-state index is 10.5. The molecule has 1 fully saturated rings. The second-order valence-corrected chi connectivity index (χ2v) is 6.54. The Morgan fingerprint density at radius 2 is 2.05 bits per heavy atom. The number of methoxy groups -OCH3 is 1. The van der Waals surface area contributed by atoms with E-state index in [1.54, 1.807) is 7.11 Å². The number of likely N-dealkylation sites (tertiary alicyclic amines) is 1. The van der Waals surface area contributed by atoms with Crippen molar-refractivity contribution < 1.29 is 14.6 Å². The Morgan fingerprint density at radius 1 is 1.33 bits per heavy atom. The summed E-state index contributed by atoms with van der Waals surface area (Å²) in [6, 6.07) is 6.26. The molecule has 4 nitrogen and oxygen atoms in total. The van der Waals surface area contributed by atoms with E-state index in [1.165, 1.54) is 0 Å². The Balaban J connectivity index is 1.81. The highest BCUT2D eigenvalue weighted by molar-refractivity contribution is 5.44. The normalized spacial score (nSPS) is 24.7. The zero-order valence-electron chi connectivity index (χ0n) is 13.1. The number of aliphatic hydroxyl groups is 1. The average molecular weight is 291 g/mol. The van der Waals surface area contributed by atoms with Crippen molar-refractivity contribution >= 4 is 0 Å². The molecule has 1 atom stereocenters. The minimum absolute atomic E-state index is 0.218. The fourth-order valence-electron chi connectivity index (χ4n) is 3.50. The summed E-state index contributed by atoms with van der Waals surface area (Å²) >= 11 is 0. The first-order chi connectivity index (χ1) is 10.0. The number of hydrogen-bond donors (Lipinski definition) is 1. The van der Waals surface area contributed by atoms with Gasteiger partial charge < -0.3 is 19.5 Å². The molecule has 1 aromatic rings. The predicted molar refractivity (Wildman–Crippen MR) is 81.9 cm³/mol. The van der Waals surface area contributed by atoms with Crippen molar-refractivity contribution in [2.45, 2.75) is 50.9 Å². The number of rotatable bonds is 2. The van der Waals surface area contributed by atoms with E-state index in [0.717, 1.165) is 43.0 Å². The van der Waals surface area contributed by atoms with E-state index in [1.807, 2.05) is 18.2 Å². The molecule has 2 heterocycles. The third-order valence-corrected chi connectivity index (χ3v) is 4.91. The van der Waals surface area contributed by atoms with Gasteiger partial charge in [-0.1, -0.05) is 0 Å². The van der Waals surface area contributed by atoms with Crippen LogP contribution in [0.3, 0.4) is 0 Å². The summed E-state index contributed by atoms with van der Waals surface area (Å²) < 4.78 is 11.6. The van der Waals surface area contributed by atoms with Crippen molar-refractivity contribution in [3.05, 3.63) is 23.8 Å². The minimum atomic E-state index is -0.440. The van der Waals surface area contributed by atoms with Crippen LogP contribution in [0.4, 0.5) is 0 Å². The van der Waals surface area contributed by atoms with Crippen molar-refractivity contribution in [2.75, 3.05) is 20.2 Å². The molecule has 0 radical (unpaired) electrons. The van der Waals surface area contributed by atoms with E-state index in [2.05, 4.69) is 18.7 Å². The van der Waals surface area contributed by atoms with Crippen molar-refractivity contribution in [1.29, 1.82) is 0 Å². The Labute approximate surface area is 126 Å². The Morgan fingerprint density at radius 3 is 2.67 bits per heavy atom. The number of hydrogen-bond acceptors (Lipinski definition) is 4. The summed E-state index contributed by atoms with van der Waals surface area (Å²) in [5.74, 6) is 1.56. The molecule has 0 unspecified atom stereocenters. The molecule has 0 aromatic heterocycles. The Bertz CT molecular complexity index is 507. The standard InChI is InChI=1S/C17H25NO3/c1-12(2)18-8-6-17(7-9-18)11-15(19)14-5-4-13(20-3)10-16(14)21-17/h4-5,10,12,15,19H,6-9,11H2,1-3H3/t15-/m0/s1. The van der Waals surface area contributed by atoms with Crippen LogP contribution in [0.5, 0.6) is 11.5 Å². The topological polar surface area (TPSA) is 41.9 Å². The predicted octanol–water partition coefficient (Wildman–Crippen LogP) is 2.75. The molecule has 1 aromatic carbocycles. The first kappa shape index (κ1) is 14.7. The van der Waals surface area contributed by atoms with E-state index in [9.17, 15) is 5.11 Å². The highest BCUT2D eigenvalue weighted by atomic mass is 16.5. The second-order valence-electron chi connectivity index (χ2n) is 6.54. The van der Waals surface area contributed by atoms with Gasteiger partial charge >= 0.3 is 0 Å². The SMILES string of the molecule is COc1ccc2c(c1)OC1(CCN(C(C)C)CC1)C[C@@H]2O. The lowest BCUT2D eigenvalue weighted by molar-refractivity contribution is -0.0581. The quantitative estimate of drug-likeness (QED) is 0.910. The molecule has 0 amide bonds. The molecule has 1 spiro atoms. The van der Waals surface area contributed by atoms with Gasteiger partial charge in [0.2, 0.25) is 0 Å². The average Bonchev–Trinajstić information content (AvgIpc) is 2.47. The second kappa shape index (κ2) is 5.50. The molecule has 21 heavy (non-hydrogen) atoms. The molecule has 0 aliphatic carbocycles. The Kier molecular flexibility index (Phi) is 3.84. The maximum Gasteiger partial charge on any atom is 0.129 e. The van der Waals surface area contributed by atoms with Gasteiger partial charge in [-0.25, -0.2) is 0 Å². The third-order valence-electron chi connectivity index (χ3n) is 4.91. The molecule has 0 bridgehead atoms. The van der Waals surface area contributed by atoms with E-state index in [4.69, 9.17) is 9.47 Å². The molecular formula is C17H25NO3. The summed E-state index contributed by atoms with van der Waals surface area (Å²) in [5.41, 5.74) is 0.664. The van der Waals surface area contributed by atoms with Gasteiger partial charge in [0.15, 0.2) is 0 Å². The van der Waals surface area contributed by atoms with Gasteiger partial charge in [-0.3, -0.25) is 0 Å². The van der Waals surface area contributed by atoms with Gasteiger partial charge in [0.1, 0.15) is 17.1 Å². The van der Waals surface area contributed by atoms with Gasteiger partial charge in [-0.2, -0.15) is 0 Å². The molecule has 1 saturated heterocycles. The van der Waals surface area contributed by atoms with Crippen LogP contribution in [0.25, 0.3) is 0 Å². The Hall–Kier alpha value is -1.26. The van der Waals surface area contributed by atoms with Crippen LogP contribution in [0.1, 0.15) is 44.8 Å². The van der Waals surface area contributed by atoms with Crippen LogP contribution in [0, 0.1) is 0 Å². The number of fused-ring (bicyclic) bond motifs is 1. The molecule has 3 rings (SSSR count). The molecular weight excluding hydrogens is 266 g/mol. The number of aliphatic hydroxyl groups excluding tert-OH is 1. The van der Waals surface area contributed by atoms with E-state index in [-0.39, 0.29) is 5.60 Å². The largest absolute Gasteiger partial charge is 0.497 e. The lowest BCUT2D eigenvalue weighted by atomic mass is 9.81. The molecule has 2 aliphatic rings. The summed E-state index contributed by atoms with van der Waals surface area (Å²) in [7, 11) is 1.65. The smallest absolute Gasteiger partial charge is 0.129 e. The summed E-state index contributed by atoms with van der Waals surface area (Å²) in [6.45, 7) is 6.52. The fraction of sp³-hybridized carbons (Fsp3) is 0.647. The molecule has 0 saturated carbocycles. The van der Waals surface area contributed by atoms with Crippen molar-refractivity contribution in [2.24, 2.45) is 0 Å². The first-order valence-electron chi connectivity index (χ1n) is 7.82. The molecule has 4 heteroatoms. The lowest BCUT2D eigenvalue weighted by Gasteiger charge is -2.46. The van der Waals surface area contributed by atoms with Gasteiger partial charge in [0.05, 0.1) is 13.2 Å². The minimum Gasteiger partial charge on any atom is -0.497 e. The van der Waals surface area contributed by atoms with E-state index in [0.29, 0.717) is 12.5 Å². The van der Waals surface area contributed by atoms with Crippen LogP contribution >= 0.6 is 0 Å². The monoisotopic (exact) mass is 291 g/mol. The first-order valence-corrected chi connectivity index (χ1v) is 7.82. The van der Waals surface area contributed by atoms with E-state index < -0.39 is 6.10 Å². The molecule has 2 aliphatic heterocycles. The van der Waals surface area contributed by atoms with Crippen molar-refractivity contribution in [1.82, 2.24) is 4.90 Å². The van der Waals surface area contributed by atoms with Crippen LogP contribution in [-0.4, -0.2) is 41.8 Å². The van der Waals surface area contributed by atoms with Crippen LogP contribution in [-0.2, 0) is 0 Å². The van der Waals surface area contributed by atoms with Gasteiger partial charge in [0, 0.05) is 37.2 Å². The number of ether oxygens (including phenoxy) is 2. The van der Waals surface area contributed by atoms with Crippen LogP contribution < -0.4 is 9.47 Å². The fourth-order valence-corrected chi connectivity index (χ4v) is 3.50. The van der Waals surface area contributed by atoms with Crippen LogP contribution in [0.15, 0.2) is 18.2 Å². The maximum atomic E-state index is 10.5. The summed E-state index contributed by atoms with van der Waals surface area (Å²) in [6.07, 6.45) is 2.20. The highest BCUT2D eigenvalue weighted by Gasteiger charge is 2.43. The third kappa shape index (κ3) is 2.74. The zero-order valence-corrected chi connectivity index (χ0v) is 13.1. The number of nitrogens with zero attached hydrogens (tertiary/aromatic N) is 1. The molecule has 116 valence electrons. The highest BCUT2D eigenvalue weighted by Crippen LogP contribution is 2.45. The van der Waals surface area contributed by atoms with Gasteiger partial charge in [-0.05, 0) is 38.8 Å². The lowest BCUT2D eigenvalue weighted by Crippen LogP contribution is -2.51. The summed E-state index contributed by atoms with van der Waals surface area (Å²) in [4.78, 5) is 2.47. The van der Waals surface area contributed by atoms with Crippen molar-refractivity contribution in [3.8, 4) is 11.5 Å². The summed E-state index contributed by atoms with van der Waals surface area (Å²) in [5, 5.41) is 10.5. The molecule has 1 N–H and O–H groups in total.